The lowest BCUT2D eigenvalue weighted by Gasteiger charge is -2.05. The summed E-state index contributed by atoms with van der Waals surface area (Å²) in [4.78, 5) is 26.3. The van der Waals surface area contributed by atoms with E-state index in [1.807, 2.05) is 0 Å². The van der Waals surface area contributed by atoms with Gasteiger partial charge in [0, 0.05) is 13.1 Å². The summed E-state index contributed by atoms with van der Waals surface area (Å²) in [6.07, 6.45) is 0. The molecule has 0 radical (unpaired) electrons. The maximum absolute atomic E-state index is 12.0. The van der Waals surface area contributed by atoms with Crippen LogP contribution in [0.15, 0.2) is 27.8 Å². The number of benzene rings is 1. The maximum Gasteiger partial charge on any atom is 0.328 e. The number of fused-ring (bicyclic) bond motifs is 1. The van der Waals surface area contributed by atoms with Crippen LogP contribution in [0.1, 0.15) is 0 Å². The van der Waals surface area contributed by atoms with Gasteiger partial charge in [0.1, 0.15) is 5.75 Å². The number of phenols is 1. The minimum absolute atomic E-state index is 0.00168. The number of nitrogens with one attached hydrogen (secondary N) is 2. The summed E-state index contributed by atoms with van der Waals surface area (Å²) in [5.74, 6) is 0.00168. The van der Waals surface area contributed by atoms with Gasteiger partial charge in [0.2, 0.25) is 0 Å². The second-order valence-electron chi connectivity index (χ2n) is 3.72. The zero-order chi connectivity index (χ0) is 12.4. The standard InChI is InChI=1S/C11H13N3O3/c1-12-4-5-14-10(16)8-6-7(15)2-3-9(8)13-11(14)17/h2-3,6,12,15H,4-5H2,1H3,(H,13,17). The summed E-state index contributed by atoms with van der Waals surface area (Å²) in [7, 11) is 1.74. The lowest BCUT2D eigenvalue weighted by atomic mass is 10.2. The Labute approximate surface area is 96.5 Å². The van der Waals surface area contributed by atoms with Gasteiger partial charge in [0.15, 0.2) is 0 Å². The molecule has 0 amide bonds. The molecule has 90 valence electrons. The number of nitrogens with zero attached hydrogens (tertiary/aromatic N) is 1. The van der Waals surface area contributed by atoms with Gasteiger partial charge in [-0.15, -0.1) is 0 Å². The van der Waals surface area contributed by atoms with E-state index >= 15 is 0 Å². The van der Waals surface area contributed by atoms with Gasteiger partial charge in [-0.05, 0) is 25.2 Å². The molecule has 0 aliphatic heterocycles. The molecule has 6 nitrogen and oxygen atoms in total. The van der Waals surface area contributed by atoms with Crippen molar-refractivity contribution in [2.45, 2.75) is 6.54 Å². The van der Waals surface area contributed by atoms with E-state index in [0.717, 1.165) is 4.57 Å². The molecule has 17 heavy (non-hydrogen) atoms. The molecule has 6 heteroatoms. The molecule has 1 heterocycles. The highest BCUT2D eigenvalue weighted by Gasteiger charge is 2.07. The third kappa shape index (κ3) is 2.07. The molecule has 1 aromatic heterocycles. The molecule has 0 spiro atoms. The number of hydrogen-bond donors (Lipinski definition) is 3. The zero-order valence-corrected chi connectivity index (χ0v) is 9.36. The topological polar surface area (TPSA) is 87.1 Å². The highest BCUT2D eigenvalue weighted by molar-refractivity contribution is 5.78. The van der Waals surface area contributed by atoms with Crippen molar-refractivity contribution in [2.75, 3.05) is 13.6 Å². The van der Waals surface area contributed by atoms with E-state index in [1.54, 1.807) is 7.05 Å². The Kier molecular flexibility index (Phi) is 2.97. The minimum atomic E-state index is -0.441. The molecule has 0 saturated heterocycles. The molecule has 1 aromatic carbocycles. The Morgan fingerprint density at radius 2 is 2.18 bits per heavy atom. The summed E-state index contributed by atoms with van der Waals surface area (Å²) in [6, 6.07) is 4.29. The summed E-state index contributed by atoms with van der Waals surface area (Å²) in [6.45, 7) is 0.809. The highest BCUT2D eigenvalue weighted by Crippen LogP contribution is 2.13. The van der Waals surface area contributed by atoms with Gasteiger partial charge in [-0.2, -0.15) is 0 Å². The number of likely N-dealkylation sites (N-methyl/N-ethyl adjacent to an activating group) is 1. The fourth-order valence-corrected chi connectivity index (χ4v) is 1.67. The molecule has 0 aliphatic rings. The van der Waals surface area contributed by atoms with Crippen molar-refractivity contribution in [3.63, 3.8) is 0 Å². The van der Waals surface area contributed by atoms with Crippen molar-refractivity contribution in [1.29, 1.82) is 0 Å². The van der Waals surface area contributed by atoms with Crippen LogP contribution in [0.3, 0.4) is 0 Å². The molecule has 3 N–H and O–H groups in total. The van der Waals surface area contributed by atoms with Gasteiger partial charge in [0.05, 0.1) is 10.9 Å². The van der Waals surface area contributed by atoms with E-state index in [4.69, 9.17) is 0 Å². The van der Waals surface area contributed by atoms with Crippen molar-refractivity contribution >= 4 is 10.9 Å². The Morgan fingerprint density at radius 1 is 1.41 bits per heavy atom. The van der Waals surface area contributed by atoms with Crippen LogP contribution in [0.5, 0.6) is 5.75 Å². The Balaban J connectivity index is 2.69. The Morgan fingerprint density at radius 3 is 2.88 bits per heavy atom. The molecular formula is C11H13N3O3. The van der Waals surface area contributed by atoms with Crippen molar-refractivity contribution in [3.8, 4) is 5.75 Å². The minimum Gasteiger partial charge on any atom is -0.508 e. The molecule has 2 aromatic rings. The monoisotopic (exact) mass is 235 g/mol. The summed E-state index contributed by atoms with van der Waals surface area (Å²) in [5.41, 5.74) is -0.406. The number of hydrogen-bond acceptors (Lipinski definition) is 4. The number of H-pyrrole nitrogens is 1. The van der Waals surface area contributed by atoms with Crippen LogP contribution < -0.4 is 16.6 Å². The number of phenolic OH excluding ortho intramolecular Hbond substituents is 1. The van der Waals surface area contributed by atoms with E-state index in [-0.39, 0.29) is 12.3 Å². The molecule has 0 fully saturated rings. The predicted molar refractivity (Wildman–Crippen MR) is 64.4 cm³/mol. The van der Waals surface area contributed by atoms with Gasteiger partial charge < -0.3 is 15.4 Å². The molecular weight excluding hydrogens is 222 g/mol. The van der Waals surface area contributed by atoms with Crippen molar-refractivity contribution in [1.82, 2.24) is 14.9 Å². The Hall–Kier alpha value is -2.08. The van der Waals surface area contributed by atoms with Gasteiger partial charge in [-0.25, -0.2) is 4.79 Å². The molecule has 2 rings (SSSR count). The summed E-state index contributed by atoms with van der Waals surface area (Å²) >= 11 is 0. The van der Waals surface area contributed by atoms with Crippen molar-refractivity contribution in [3.05, 3.63) is 39.0 Å². The van der Waals surface area contributed by atoms with Gasteiger partial charge in [-0.3, -0.25) is 9.36 Å². The second-order valence-corrected chi connectivity index (χ2v) is 3.72. The first-order chi connectivity index (χ1) is 8.13. The number of aromatic nitrogens is 2. The fraction of sp³-hybridized carbons (Fsp3) is 0.273. The summed E-state index contributed by atoms with van der Waals surface area (Å²) in [5, 5.41) is 12.5. The van der Waals surface area contributed by atoms with E-state index < -0.39 is 11.2 Å². The molecule has 0 aliphatic carbocycles. The van der Waals surface area contributed by atoms with Crippen LogP contribution in [0, 0.1) is 0 Å². The summed E-state index contributed by atoms with van der Waals surface area (Å²) < 4.78 is 1.11. The third-order valence-electron chi connectivity index (χ3n) is 2.55. The van der Waals surface area contributed by atoms with Gasteiger partial charge >= 0.3 is 5.69 Å². The quantitative estimate of drug-likeness (QED) is 0.676. The van der Waals surface area contributed by atoms with Crippen molar-refractivity contribution in [2.24, 2.45) is 0 Å². The first-order valence-corrected chi connectivity index (χ1v) is 5.24. The van der Waals surface area contributed by atoms with Crippen LogP contribution in [0.4, 0.5) is 0 Å². The maximum atomic E-state index is 12.0. The SMILES string of the molecule is CNCCn1c(=O)[nH]c2ccc(O)cc2c1=O. The number of rotatable bonds is 3. The van der Waals surface area contributed by atoms with E-state index in [0.29, 0.717) is 17.4 Å². The van der Waals surface area contributed by atoms with Gasteiger partial charge in [-0.1, -0.05) is 0 Å². The Bertz CT molecular complexity index is 657. The predicted octanol–water partition coefficient (Wildman–Crippen LogP) is -0.385. The van der Waals surface area contributed by atoms with Crippen molar-refractivity contribution < 1.29 is 5.11 Å². The van der Waals surface area contributed by atoms with Gasteiger partial charge in [0.25, 0.3) is 5.56 Å². The van der Waals surface area contributed by atoms with Crippen LogP contribution in [0.25, 0.3) is 10.9 Å². The van der Waals surface area contributed by atoms with E-state index in [2.05, 4.69) is 10.3 Å². The van der Waals surface area contributed by atoms with E-state index in [1.165, 1.54) is 18.2 Å². The fourth-order valence-electron chi connectivity index (χ4n) is 1.67. The zero-order valence-electron chi connectivity index (χ0n) is 9.36. The molecule has 0 atom stereocenters. The lowest BCUT2D eigenvalue weighted by Crippen LogP contribution is -2.37. The van der Waals surface area contributed by atoms with Crippen LogP contribution in [-0.4, -0.2) is 28.3 Å². The smallest absolute Gasteiger partial charge is 0.328 e. The third-order valence-corrected chi connectivity index (χ3v) is 2.55. The van der Waals surface area contributed by atoms with Crippen LogP contribution in [-0.2, 0) is 6.54 Å². The average molecular weight is 235 g/mol. The number of aromatic hydroxyl groups is 1. The lowest BCUT2D eigenvalue weighted by molar-refractivity contribution is 0.476. The highest BCUT2D eigenvalue weighted by atomic mass is 16.3. The molecule has 0 bridgehead atoms. The second kappa shape index (κ2) is 4.42. The first-order valence-electron chi connectivity index (χ1n) is 5.24. The van der Waals surface area contributed by atoms with E-state index in [9.17, 15) is 14.7 Å². The normalized spacial score (nSPS) is 10.9. The van der Waals surface area contributed by atoms with Crippen LogP contribution in [0.2, 0.25) is 0 Å². The first kappa shape index (κ1) is 11.4. The average Bonchev–Trinajstić information content (AvgIpc) is 2.30. The molecule has 0 saturated carbocycles. The number of aromatic amines is 1. The largest absolute Gasteiger partial charge is 0.508 e. The molecule has 0 unspecified atom stereocenters. The van der Waals surface area contributed by atoms with Crippen LogP contribution >= 0.6 is 0 Å².